The molecule has 8 heteroatoms. The first-order valence-electron chi connectivity index (χ1n) is 8.92. The molecule has 0 saturated heterocycles. The van der Waals surface area contributed by atoms with Crippen molar-refractivity contribution in [3.63, 3.8) is 0 Å². The van der Waals surface area contributed by atoms with Gasteiger partial charge in [-0.25, -0.2) is 18.4 Å². The van der Waals surface area contributed by atoms with Crippen LogP contribution in [0.4, 0.5) is 0 Å². The van der Waals surface area contributed by atoms with Gasteiger partial charge < -0.3 is 0 Å². The Morgan fingerprint density at radius 2 is 1.62 bits per heavy atom. The Kier molecular flexibility index (Phi) is 5.75. The zero-order valence-electron chi connectivity index (χ0n) is 15.3. The number of nitrogens with one attached hydrogen (secondary N) is 1. The highest BCUT2D eigenvalue weighted by Gasteiger charge is 2.30. The van der Waals surface area contributed by atoms with Crippen LogP contribution in [0.3, 0.4) is 0 Å². The standard InChI is InChI=1S/C21H18N4O2S2/c26-29(27,19-6-2-4-12-23-19)21(18-5-1-3-11-22-18)25-15-16-7-9-17(10-8-16)20-24-13-14-28-20/h1-14,21,25H,15H2. The van der Waals surface area contributed by atoms with Gasteiger partial charge in [-0.1, -0.05) is 36.4 Å². The maximum Gasteiger partial charge on any atom is 0.217 e. The number of hydrogen-bond donors (Lipinski definition) is 1. The lowest BCUT2D eigenvalue weighted by Crippen LogP contribution is -2.29. The van der Waals surface area contributed by atoms with Crippen LogP contribution in [0, 0.1) is 0 Å². The van der Waals surface area contributed by atoms with Crippen LogP contribution in [0.1, 0.15) is 16.6 Å². The summed E-state index contributed by atoms with van der Waals surface area (Å²) in [7, 11) is -3.76. The van der Waals surface area contributed by atoms with E-state index >= 15 is 0 Å². The van der Waals surface area contributed by atoms with Crippen LogP contribution < -0.4 is 5.32 Å². The molecule has 1 aromatic carbocycles. The molecule has 4 aromatic rings. The zero-order chi connectivity index (χ0) is 20.1. The summed E-state index contributed by atoms with van der Waals surface area (Å²) in [5.74, 6) is 0. The molecular formula is C21H18N4O2S2. The molecule has 3 heterocycles. The lowest BCUT2D eigenvalue weighted by atomic mass is 10.1. The van der Waals surface area contributed by atoms with Crippen LogP contribution in [-0.4, -0.2) is 23.4 Å². The average molecular weight is 423 g/mol. The molecule has 0 amide bonds. The molecule has 29 heavy (non-hydrogen) atoms. The van der Waals surface area contributed by atoms with Gasteiger partial charge in [0.05, 0.1) is 5.69 Å². The maximum atomic E-state index is 13.2. The number of rotatable bonds is 7. The normalized spacial score (nSPS) is 12.6. The zero-order valence-corrected chi connectivity index (χ0v) is 17.0. The van der Waals surface area contributed by atoms with Gasteiger partial charge in [-0.05, 0) is 29.8 Å². The second kappa shape index (κ2) is 8.60. The fourth-order valence-electron chi connectivity index (χ4n) is 2.88. The van der Waals surface area contributed by atoms with Gasteiger partial charge in [-0.3, -0.25) is 10.3 Å². The minimum Gasteiger partial charge on any atom is -0.292 e. The van der Waals surface area contributed by atoms with Crippen molar-refractivity contribution in [2.75, 3.05) is 0 Å². The van der Waals surface area contributed by atoms with Crippen LogP contribution in [0.2, 0.25) is 0 Å². The third-order valence-electron chi connectivity index (χ3n) is 4.32. The van der Waals surface area contributed by atoms with Gasteiger partial charge in [0.25, 0.3) is 0 Å². The summed E-state index contributed by atoms with van der Waals surface area (Å²) in [6.45, 7) is 0.367. The van der Waals surface area contributed by atoms with Gasteiger partial charge in [0.15, 0.2) is 10.4 Å². The summed E-state index contributed by atoms with van der Waals surface area (Å²) in [5, 5.41) is 5.04. The van der Waals surface area contributed by atoms with Crippen molar-refractivity contribution in [2.24, 2.45) is 0 Å². The number of pyridine rings is 2. The van der Waals surface area contributed by atoms with Crippen molar-refractivity contribution in [2.45, 2.75) is 16.9 Å². The summed E-state index contributed by atoms with van der Waals surface area (Å²) < 4.78 is 26.4. The van der Waals surface area contributed by atoms with Crippen molar-refractivity contribution >= 4 is 21.2 Å². The molecule has 0 aliphatic heterocycles. The third-order valence-corrected chi connectivity index (χ3v) is 7.00. The lowest BCUT2D eigenvalue weighted by molar-refractivity contribution is 0.547. The molecule has 6 nitrogen and oxygen atoms in total. The Morgan fingerprint density at radius 3 is 2.24 bits per heavy atom. The van der Waals surface area contributed by atoms with Crippen molar-refractivity contribution in [1.82, 2.24) is 20.3 Å². The van der Waals surface area contributed by atoms with Gasteiger partial charge >= 0.3 is 0 Å². The fraction of sp³-hybridized carbons (Fsp3) is 0.0952. The maximum absolute atomic E-state index is 13.2. The van der Waals surface area contributed by atoms with E-state index in [0.717, 1.165) is 16.1 Å². The molecule has 0 radical (unpaired) electrons. The molecule has 0 spiro atoms. The monoisotopic (exact) mass is 422 g/mol. The number of sulfone groups is 1. The van der Waals surface area contributed by atoms with E-state index in [1.54, 1.807) is 54.1 Å². The van der Waals surface area contributed by atoms with E-state index in [2.05, 4.69) is 20.3 Å². The average Bonchev–Trinajstić information content (AvgIpc) is 3.31. The van der Waals surface area contributed by atoms with Gasteiger partial charge in [0.2, 0.25) is 9.84 Å². The fourth-order valence-corrected chi connectivity index (χ4v) is 5.00. The molecule has 146 valence electrons. The molecule has 3 aromatic heterocycles. The molecule has 1 atom stereocenters. The Balaban J connectivity index is 1.58. The molecule has 0 aliphatic rings. The summed E-state index contributed by atoms with van der Waals surface area (Å²) in [6, 6.07) is 18.0. The van der Waals surface area contributed by atoms with E-state index in [-0.39, 0.29) is 5.03 Å². The SMILES string of the molecule is O=S(=O)(c1ccccn1)C(NCc1ccc(-c2nccs2)cc1)c1ccccn1. The highest BCUT2D eigenvalue weighted by Crippen LogP contribution is 2.25. The predicted octanol–water partition coefficient (Wildman–Crippen LogP) is 3.86. The molecule has 0 bridgehead atoms. The highest BCUT2D eigenvalue weighted by atomic mass is 32.2. The lowest BCUT2D eigenvalue weighted by Gasteiger charge is -2.18. The van der Waals surface area contributed by atoms with Crippen LogP contribution in [-0.2, 0) is 16.4 Å². The van der Waals surface area contributed by atoms with E-state index in [4.69, 9.17) is 0 Å². The number of benzene rings is 1. The molecule has 4 rings (SSSR count). The minimum absolute atomic E-state index is 0.0160. The van der Waals surface area contributed by atoms with Crippen LogP contribution in [0.15, 0.2) is 89.7 Å². The third kappa shape index (κ3) is 4.40. The molecule has 1 N–H and O–H groups in total. The number of thiazole rings is 1. The molecule has 1 unspecified atom stereocenters. The van der Waals surface area contributed by atoms with E-state index in [0.29, 0.717) is 12.2 Å². The first-order chi connectivity index (χ1) is 14.1. The van der Waals surface area contributed by atoms with Crippen LogP contribution in [0.25, 0.3) is 10.6 Å². The van der Waals surface area contributed by atoms with Crippen LogP contribution in [0.5, 0.6) is 0 Å². The van der Waals surface area contributed by atoms with E-state index in [1.165, 1.54) is 12.3 Å². The molecule has 0 saturated carbocycles. The van der Waals surface area contributed by atoms with Crippen molar-refractivity contribution < 1.29 is 8.42 Å². The second-order valence-corrected chi connectivity index (χ2v) is 9.14. The predicted molar refractivity (Wildman–Crippen MR) is 113 cm³/mol. The van der Waals surface area contributed by atoms with E-state index < -0.39 is 15.2 Å². The van der Waals surface area contributed by atoms with Crippen molar-refractivity contribution in [3.05, 3.63) is 95.9 Å². The smallest absolute Gasteiger partial charge is 0.217 e. The summed E-state index contributed by atoms with van der Waals surface area (Å²) in [6.07, 6.45) is 4.83. The van der Waals surface area contributed by atoms with Crippen LogP contribution >= 0.6 is 11.3 Å². The molecule has 0 fully saturated rings. The second-order valence-electron chi connectivity index (χ2n) is 6.26. The van der Waals surface area contributed by atoms with Crippen molar-refractivity contribution in [3.8, 4) is 10.6 Å². The van der Waals surface area contributed by atoms with E-state index in [1.807, 2.05) is 29.6 Å². The first-order valence-corrected chi connectivity index (χ1v) is 11.4. The number of hydrogen-bond acceptors (Lipinski definition) is 7. The van der Waals surface area contributed by atoms with Crippen molar-refractivity contribution in [1.29, 1.82) is 0 Å². The topological polar surface area (TPSA) is 84.8 Å². The number of aromatic nitrogens is 3. The van der Waals surface area contributed by atoms with Gasteiger partial charge in [0, 0.05) is 36.1 Å². The van der Waals surface area contributed by atoms with Gasteiger partial charge in [0.1, 0.15) is 5.01 Å². The Morgan fingerprint density at radius 1 is 0.862 bits per heavy atom. The Hall–Kier alpha value is -2.94. The van der Waals surface area contributed by atoms with E-state index in [9.17, 15) is 8.42 Å². The van der Waals surface area contributed by atoms with Gasteiger partial charge in [-0.15, -0.1) is 11.3 Å². The molecule has 0 aliphatic carbocycles. The largest absolute Gasteiger partial charge is 0.292 e. The Labute approximate surface area is 173 Å². The summed E-state index contributed by atoms with van der Waals surface area (Å²) in [5.41, 5.74) is 2.42. The van der Waals surface area contributed by atoms with Gasteiger partial charge in [-0.2, -0.15) is 0 Å². The first kappa shape index (κ1) is 19.4. The summed E-state index contributed by atoms with van der Waals surface area (Å²) >= 11 is 1.58. The highest BCUT2D eigenvalue weighted by molar-refractivity contribution is 7.91. The minimum atomic E-state index is -3.76. The summed E-state index contributed by atoms with van der Waals surface area (Å²) in [4.78, 5) is 12.6. The quantitative estimate of drug-likeness (QED) is 0.487. The number of nitrogens with zero attached hydrogens (tertiary/aromatic N) is 3. The molecular weight excluding hydrogens is 404 g/mol. The Bertz CT molecular complexity index is 1150.